The second-order valence-corrected chi connectivity index (χ2v) is 7.81. The van der Waals surface area contributed by atoms with E-state index < -0.39 is 8.80 Å². The molecule has 0 bridgehead atoms. The second kappa shape index (κ2) is 7.28. The van der Waals surface area contributed by atoms with E-state index in [1.54, 1.807) is 0 Å². The Morgan fingerprint density at radius 2 is 1.88 bits per heavy atom. The third-order valence-corrected chi connectivity index (χ3v) is 6.34. The molecule has 0 N–H and O–H groups in total. The van der Waals surface area contributed by atoms with Gasteiger partial charge in [-0.25, -0.2) is 0 Å². The fourth-order valence-corrected chi connectivity index (χ4v) is 4.50. The van der Waals surface area contributed by atoms with Gasteiger partial charge in [-0.05, 0) is 19.9 Å². The van der Waals surface area contributed by atoms with Crippen molar-refractivity contribution in [3.63, 3.8) is 0 Å². The smallest absolute Gasteiger partial charge is 0.305 e. The zero-order valence-electron chi connectivity index (χ0n) is 11.0. The van der Waals surface area contributed by atoms with Crippen molar-refractivity contribution in [3.8, 4) is 0 Å². The molecule has 0 saturated heterocycles. The number of carbonyl (C=O) groups is 1. The monoisotopic (exact) mass is 250 g/mol. The maximum atomic E-state index is 11.3. The number of esters is 1. The molecule has 0 heterocycles. The van der Waals surface area contributed by atoms with Crippen LogP contribution in [0.1, 0.15) is 25.8 Å². The van der Waals surface area contributed by atoms with Gasteiger partial charge in [-0.3, -0.25) is 4.79 Å². The fourth-order valence-electron chi connectivity index (χ4n) is 1.97. The molecule has 0 spiro atoms. The normalized spacial score (nSPS) is 12.2. The average molecular weight is 250 g/mol. The van der Waals surface area contributed by atoms with Crippen molar-refractivity contribution in [2.75, 3.05) is 6.61 Å². The number of carbonyl (C=O) groups excluding carboxylic acids is 1. The zero-order chi connectivity index (χ0) is 12.7. The summed E-state index contributed by atoms with van der Waals surface area (Å²) in [7, 11) is -0.974. The van der Waals surface area contributed by atoms with Crippen molar-refractivity contribution >= 4 is 20.0 Å². The number of hydrogen-bond acceptors (Lipinski definition) is 2. The molecule has 0 aliphatic rings. The molecule has 0 saturated carbocycles. The van der Waals surface area contributed by atoms with Crippen LogP contribution in [0.3, 0.4) is 0 Å². The van der Waals surface area contributed by atoms with Crippen LogP contribution in [-0.4, -0.2) is 21.4 Å². The van der Waals surface area contributed by atoms with Crippen molar-refractivity contribution < 1.29 is 9.53 Å². The summed E-state index contributed by atoms with van der Waals surface area (Å²) >= 11 is 0. The van der Waals surface area contributed by atoms with Crippen molar-refractivity contribution in [2.24, 2.45) is 0 Å². The van der Waals surface area contributed by atoms with Gasteiger partial charge in [0.15, 0.2) is 0 Å². The van der Waals surface area contributed by atoms with Crippen LogP contribution in [0.2, 0.25) is 12.1 Å². The Kier molecular flexibility index (Phi) is 5.98. The molecule has 94 valence electrons. The third-order valence-electron chi connectivity index (χ3n) is 3.04. The van der Waals surface area contributed by atoms with Gasteiger partial charge >= 0.3 is 5.97 Å². The molecule has 3 heteroatoms. The Morgan fingerprint density at radius 1 is 1.24 bits per heavy atom. The molecular formula is C14H22O2Si. The molecule has 2 nitrogen and oxygen atoms in total. The molecule has 17 heavy (non-hydrogen) atoms. The van der Waals surface area contributed by atoms with E-state index in [1.165, 1.54) is 16.8 Å². The first-order valence-electron chi connectivity index (χ1n) is 6.39. The van der Waals surface area contributed by atoms with Gasteiger partial charge in [0.2, 0.25) is 0 Å². The highest BCUT2D eigenvalue weighted by Crippen LogP contribution is 2.06. The number of rotatable bonds is 6. The lowest BCUT2D eigenvalue weighted by atomic mass is 10.2. The summed E-state index contributed by atoms with van der Waals surface area (Å²) < 4.78 is 4.98. The topological polar surface area (TPSA) is 26.3 Å². The molecule has 0 amide bonds. The molecule has 0 aliphatic carbocycles. The number of benzene rings is 1. The SMILES string of the molecule is CCOC(=O)CC[SiH](CC)c1ccc(C)cc1. The van der Waals surface area contributed by atoms with E-state index in [2.05, 4.69) is 38.1 Å². The van der Waals surface area contributed by atoms with E-state index in [0.717, 1.165) is 6.04 Å². The van der Waals surface area contributed by atoms with Crippen LogP contribution >= 0.6 is 0 Å². The van der Waals surface area contributed by atoms with E-state index in [9.17, 15) is 4.79 Å². The minimum absolute atomic E-state index is 0.0504. The Hall–Kier alpha value is -1.09. The average Bonchev–Trinajstić information content (AvgIpc) is 2.32. The molecule has 1 aromatic carbocycles. The van der Waals surface area contributed by atoms with Gasteiger partial charge in [0, 0.05) is 6.42 Å². The van der Waals surface area contributed by atoms with Crippen molar-refractivity contribution in [1.82, 2.24) is 0 Å². The molecule has 1 unspecified atom stereocenters. The molecule has 0 fully saturated rings. The van der Waals surface area contributed by atoms with Gasteiger partial charge in [0.25, 0.3) is 0 Å². The predicted octanol–water partition coefficient (Wildman–Crippen LogP) is 2.40. The van der Waals surface area contributed by atoms with Gasteiger partial charge in [0.1, 0.15) is 0 Å². The first-order chi connectivity index (χ1) is 8.17. The summed E-state index contributed by atoms with van der Waals surface area (Å²) in [5.41, 5.74) is 1.29. The Morgan fingerprint density at radius 3 is 2.41 bits per heavy atom. The summed E-state index contributed by atoms with van der Waals surface area (Å²) in [6, 6.07) is 11.0. The molecule has 0 aliphatic heterocycles. The zero-order valence-corrected chi connectivity index (χ0v) is 12.2. The molecule has 1 aromatic rings. The van der Waals surface area contributed by atoms with E-state index in [1.807, 2.05) is 6.92 Å². The molecule has 1 atom stereocenters. The Labute approximate surface area is 106 Å². The lowest BCUT2D eigenvalue weighted by Gasteiger charge is -2.13. The minimum atomic E-state index is -0.974. The predicted molar refractivity (Wildman–Crippen MR) is 74.5 cm³/mol. The van der Waals surface area contributed by atoms with Crippen LogP contribution in [0.15, 0.2) is 24.3 Å². The van der Waals surface area contributed by atoms with Crippen LogP contribution < -0.4 is 5.19 Å². The van der Waals surface area contributed by atoms with Gasteiger partial charge in [-0.15, -0.1) is 0 Å². The van der Waals surface area contributed by atoms with Gasteiger partial charge < -0.3 is 4.74 Å². The Balaban J connectivity index is 2.54. The molecule has 0 aromatic heterocycles. The van der Waals surface area contributed by atoms with Crippen LogP contribution in [0.25, 0.3) is 0 Å². The van der Waals surface area contributed by atoms with E-state index in [4.69, 9.17) is 4.74 Å². The highest BCUT2D eigenvalue weighted by atomic mass is 28.3. The maximum Gasteiger partial charge on any atom is 0.305 e. The first-order valence-corrected chi connectivity index (χ1v) is 8.60. The van der Waals surface area contributed by atoms with Crippen molar-refractivity contribution in [2.45, 2.75) is 39.3 Å². The van der Waals surface area contributed by atoms with Crippen LogP contribution in [-0.2, 0) is 9.53 Å². The fraction of sp³-hybridized carbons (Fsp3) is 0.500. The summed E-state index contributed by atoms with van der Waals surface area (Å²) in [6.45, 7) is 6.67. The van der Waals surface area contributed by atoms with Gasteiger partial charge in [0.05, 0.1) is 15.4 Å². The third kappa shape index (κ3) is 4.73. The largest absolute Gasteiger partial charge is 0.466 e. The van der Waals surface area contributed by atoms with Gasteiger partial charge in [-0.1, -0.05) is 48.0 Å². The summed E-state index contributed by atoms with van der Waals surface area (Å²) in [6.07, 6.45) is 0.576. The highest BCUT2D eigenvalue weighted by molar-refractivity contribution is 6.73. The van der Waals surface area contributed by atoms with Crippen LogP contribution in [0.5, 0.6) is 0 Å². The first kappa shape index (κ1) is 14.0. The Bertz CT molecular complexity index is 346. The summed E-state index contributed by atoms with van der Waals surface area (Å²) in [5.74, 6) is -0.0504. The standard InChI is InChI=1S/C14H22O2Si/c1-4-16-14(15)10-11-17(5-2)13-8-6-12(3)7-9-13/h6-9,17H,4-5,10-11H2,1-3H3. The van der Waals surface area contributed by atoms with Crippen molar-refractivity contribution in [3.05, 3.63) is 29.8 Å². The lowest BCUT2D eigenvalue weighted by Crippen LogP contribution is -2.29. The summed E-state index contributed by atoms with van der Waals surface area (Å²) in [5, 5.41) is 1.46. The second-order valence-electron chi connectivity index (χ2n) is 4.36. The van der Waals surface area contributed by atoms with Crippen molar-refractivity contribution in [1.29, 1.82) is 0 Å². The molecule has 1 rings (SSSR count). The lowest BCUT2D eigenvalue weighted by molar-refractivity contribution is -0.142. The van der Waals surface area contributed by atoms with Crippen LogP contribution in [0, 0.1) is 6.92 Å². The summed E-state index contributed by atoms with van der Waals surface area (Å²) in [4.78, 5) is 11.3. The number of ether oxygens (including phenoxy) is 1. The molecular weight excluding hydrogens is 228 g/mol. The van der Waals surface area contributed by atoms with E-state index in [-0.39, 0.29) is 5.97 Å². The molecule has 0 radical (unpaired) electrons. The van der Waals surface area contributed by atoms with E-state index >= 15 is 0 Å². The quantitative estimate of drug-likeness (QED) is 0.572. The maximum absolute atomic E-state index is 11.3. The van der Waals surface area contributed by atoms with E-state index in [0.29, 0.717) is 13.0 Å². The minimum Gasteiger partial charge on any atom is -0.466 e. The van der Waals surface area contributed by atoms with Gasteiger partial charge in [-0.2, -0.15) is 0 Å². The highest BCUT2D eigenvalue weighted by Gasteiger charge is 2.13. The number of aryl methyl sites for hydroxylation is 1. The van der Waals surface area contributed by atoms with Crippen LogP contribution in [0.4, 0.5) is 0 Å². The number of hydrogen-bond donors (Lipinski definition) is 0.